The molecule has 18 heavy (non-hydrogen) atoms. The summed E-state index contributed by atoms with van der Waals surface area (Å²) in [4.78, 5) is 0. The molecule has 0 bridgehead atoms. The first-order valence-corrected chi connectivity index (χ1v) is 6.44. The molecule has 2 rings (SSSR count). The summed E-state index contributed by atoms with van der Waals surface area (Å²) in [6.07, 6.45) is 0. The average molecular weight is 304 g/mol. The van der Waals surface area contributed by atoms with Crippen LogP contribution in [0.3, 0.4) is 0 Å². The average Bonchev–Trinajstić information content (AvgIpc) is 2.27. The topological polar surface area (TPSA) is 44.1 Å². The number of benzene rings is 2. The molecule has 0 unspecified atom stereocenters. The predicted octanol–water partition coefficient (Wildman–Crippen LogP) is 4.19. The molecule has 2 aromatic carbocycles. The minimum Gasteiger partial charge on any atom is -0.507 e. The summed E-state index contributed by atoms with van der Waals surface area (Å²) in [7, 11) is 0. The summed E-state index contributed by atoms with van der Waals surface area (Å²) in [6.45, 7) is 3.95. The highest BCUT2D eigenvalue weighted by Crippen LogP contribution is 2.26. The van der Waals surface area contributed by atoms with E-state index < -0.39 is 0 Å². The van der Waals surface area contributed by atoms with Crippen molar-refractivity contribution in [2.24, 2.45) is 0 Å². The first-order valence-electron chi connectivity index (χ1n) is 5.64. The molecule has 0 amide bonds. The zero-order valence-electron chi connectivity index (χ0n) is 10.3. The normalized spacial score (nSPS) is 10.4. The lowest BCUT2D eigenvalue weighted by Gasteiger charge is -2.13. The van der Waals surface area contributed by atoms with E-state index in [1.54, 1.807) is 18.2 Å². The number of phenols is 1. The molecule has 0 radical (unpaired) electrons. The van der Waals surface area contributed by atoms with Crippen molar-refractivity contribution in [2.75, 3.05) is 0 Å². The molecule has 0 aliphatic rings. The van der Waals surface area contributed by atoms with Crippen LogP contribution in [-0.2, 0) is 0 Å². The van der Waals surface area contributed by atoms with Gasteiger partial charge in [-0.25, -0.2) is 0 Å². The second-order valence-corrected chi connectivity index (χ2v) is 5.22. The van der Waals surface area contributed by atoms with Gasteiger partial charge < -0.3 is 5.11 Å². The van der Waals surface area contributed by atoms with Crippen molar-refractivity contribution in [3.63, 3.8) is 0 Å². The molecule has 0 aliphatic carbocycles. The smallest absolute Gasteiger partial charge is 0.124 e. The van der Waals surface area contributed by atoms with Crippen LogP contribution >= 0.6 is 15.9 Å². The monoisotopic (exact) mass is 303 g/mol. The second-order valence-electron chi connectivity index (χ2n) is 4.31. The van der Waals surface area contributed by atoms with E-state index in [0.29, 0.717) is 11.3 Å². The molecular weight excluding hydrogens is 290 g/mol. The Balaban J connectivity index is 2.57. The van der Waals surface area contributed by atoms with Crippen LogP contribution in [-0.4, -0.2) is 10.8 Å². The quantitative estimate of drug-likeness (QED) is 0.803. The largest absolute Gasteiger partial charge is 0.507 e. The number of hydrogen-bond donors (Lipinski definition) is 2. The standard InChI is InChI=1S/C15H14BrNO/c1-9-7-11(16)8-10(2)14(9)15(17)12-5-3-4-6-13(12)18/h3-8,17-18H,1-2H3. The van der Waals surface area contributed by atoms with Gasteiger partial charge in [0.25, 0.3) is 0 Å². The van der Waals surface area contributed by atoms with Gasteiger partial charge in [0.1, 0.15) is 5.75 Å². The predicted molar refractivity (Wildman–Crippen MR) is 77.7 cm³/mol. The van der Waals surface area contributed by atoms with E-state index in [1.165, 1.54) is 0 Å². The lowest BCUT2D eigenvalue weighted by molar-refractivity contribution is 0.474. The fraction of sp³-hybridized carbons (Fsp3) is 0.133. The third kappa shape index (κ3) is 2.31. The molecule has 0 saturated heterocycles. The van der Waals surface area contributed by atoms with Gasteiger partial charge in [-0.1, -0.05) is 28.1 Å². The van der Waals surface area contributed by atoms with Crippen molar-refractivity contribution >= 4 is 21.6 Å². The van der Waals surface area contributed by atoms with Crippen molar-refractivity contribution in [1.82, 2.24) is 0 Å². The van der Waals surface area contributed by atoms with Gasteiger partial charge in [-0.3, -0.25) is 5.41 Å². The van der Waals surface area contributed by atoms with Crippen LogP contribution in [0, 0.1) is 19.3 Å². The molecule has 0 saturated carbocycles. The number of para-hydroxylation sites is 1. The molecule has 2 nitrogen and oxygen atoms in total. The van der Waals surface area contributed by atoms with Gasteiger partial charge in [0, 0.05) is 15.6 Å². The zero-order valence-corrected chi connectivity index (χ0v) is 11.9. The highest BCUT2D eigenvalue weighted by molar-refractivity contribution is 9.10. The van der Waals surface area contributed by atoms with Crippen LogP contribution in [0.2, 0.25) is 0 Å². The lowest BCUT2D eigenvalue weighted by Crippen LogP contribution is -2.06. The van der Waals surface area contributed by atoms with Gasteiger partial charge >= 0.3 is 0 Å². The van der Waals surface area contributed by atoms with Crippen molar-refractivity contribution in [1.29, 1.82) is 5.41 Å². The molecule has 0 aliphatic heterocycles. The molecule has 0 spiro atoms. The third-order valence-corrected chi connectivity index (χ3v) is 3.38. The first kappa shape index (κ1) is 12.8. The van der Waals surface area contributed by atoms with E-state index in [9.17, 15) is 5.11 Å². The Morgan fingerprint density at radius 3 is 2.22 bits per heavy atom. The van der Waals surface area contributed by atoms with E-state index in [0.717, 1.165) is 21.2 Å². The number of halogens is 1. The number of rotatable bonds is 2. The number of nitrogens with one attached hydrogen (secondary N) is 1. The van der Waals surface area contributed by atoms with Gasteiger partial charge in [-0.05, 0) is 49.2 Å². The molecule has 0 fully saturated rings. The van der Waals surface area contributed by atoms with Crippen molar-refractivity contribution < 1.29 is 5.11 Å². The van der Waals surface area contributed by atoms with Crippen molar-refractivity contribution in [2.45, 2.75) is 13.8 Å². The third-order valence-electron chi connectivity index (χ3n) is 2.92. The molecule has 3 heteroatoms. The summed E-state index contributed by atoms with van der Waals surface area (Å²) in [6, 6.07) is 10.9. The highest BCUT2D eigenvalue weighted by atomic mass is 79.9. The molecule has 0 aromatic heterocycles. The Labute approximate surface area is 115 Å². The molecule has 2 aromatic rings. The first-order chi connectivity index (χ1) is 8.50. The maximum atomic E-state index is 9.83. The van der Waals surface area contributed by atoms with Crippen LogP contribution in [0.25, 0.3) is 0 Å². The van der Waals surface area contributed by atoms with Crippen LogP contribution in [0.5, 0.6) is 5.75 Å². The maximum Gasteiger partial charge on any atom is 0.124 e. The van der Waals surface area contributed by atoms with Crippen molar-refractivity contribution in [3.05, 3.63) is 63.1 Å². The van der Waals surface area contributed by atoms with E-state index in [4.69, 9.17) is 5.41 Å². The van der Waals surface area contributed by atoms with Crippen LogP contribution in [0.1, 0.15) is 22.3 Å². The van der Waals surface area contributed by atoms with Gasteiger partial charge in [-0.2, -0.15) is 0 Å². The lowest BCUT2D eigenvalue weighted by atomic mass is 9.94. The highest BCUT2D eigenvalue weighted by Gasteiger charge is 2.14. The Hall–Kier alpha value is -1.61. The van der Waals surface area contributed by atoms with E-state index in [2.05, 4.69) is 15.9 Å². The van der Waals surface area contributed by atoms with E-state index in [1.807, 2.05) is 32.0 Å². The summed E-state index contributed by atoms with van der Waals surface area (Å²) >= 11 is 3.45. The van der Waals surface area contributed by atoms with E-state index in [-0.39, 0.29) is 5.75 Å². The van der Waals surface area contributed by atoms with Gasteiger partial charge in [-0.15, -0.1) is 0 Å². The fourth-order valence-corrected chi connectivity index (χ4v) is 2.81. The van der Waals surface area contributed by atoms with Gasteiger partial charge in [0.15, 0.2) is 0 Å². The Kier molecular flexibility index (Phi) is 3.53. The summed E-state index contributed by atoms with van der Waals surface area (Å²) in [5, 5.41) is 18.1. The molecule has 0 heterocycles. The Morgan fingerprint density at radius 1 is 1.11 bits per heavy atom. The SMILES string of the molecule is Cc1cc(Br)cc(C)c1C(=N)c1ccccc1O. The minimum absolute atomic E-state index is 0.143. The Morgan fingerprint density at radius 2 is 1.67 bits per heavy atom. The van der Waals surface area contributed by atoms with Gasteiger partial charge in [0.2, 0.25) is 0 Å². The van der Waals surface area contributed by atoms with E-state index >= 15 is 0 Å². The van der Waals surface area contributed by atoms with Crippen LogP contribution in [0.4, 0.5) is 0 Å². The molecule has 0 atom stereocenters. The Bertz CT molecular complexity index is 597. The number of aromatic hydroxyl groups is 1. The summed E-state index contributed by atoms with van der Waals surface area (Å²) in [5.74, 6) is 0.143. The molecular formula is C15H14BrNO. The molecule has 92 valence electrons. The minimum atomic E-state index is 0.143. The van der Waals surface area contributed by atoms with Crippen molar-refractivity contribution in [3.8, 4) is 5.75 Å². The fourth-order valence-electron chi connectivity index (χ4n) is 2.12. The summed E-state index contributed by atoms with van der Waals surface area (Å²) < 4.78 is 1.01. The number of aryl methyl sites for hydroxylation is 2. The number of phenolic OH excluding ortho intramolecular Hbond substituents is 1. The zero-order chi connectivity index (χ0) is 13.3. The van der Waals surface area contributed by atoms with Crippen LogP contribution in [0.15, 0.2) is 40.9 Å². The van der Waals surface area contributed by atoms with Crippen LogP contribution < -0.4 is 0 Å². The maximum absolute atomic E-state index is 9.83. The summed E-state index contributed by atoms with van der Waals surface area (Å²) in [5.41, 5.74) is 3.84. The number of hydrogen-bond acceptors (Lipinski definition) is 2. The second kappa shape index (κ2) is 4.94. The van der Waals surface area contributed by atoms with Gasteiger partial charge in [0.05, 0.1) is 5.71 Å². The molecule has 2 N–H and O–H groups in total.